The first-order valence-electron chi connectivity index (χ1n) is 6.74. The Hall–Kier alpha value is -0.380. The van der Waals surface area contributed by atoms with Gasteiger partial charge in [0.05, 0.1) is 0 Å². The summed E-state index contributed by atoms with van der Waals surface area (Å²) in [7, 11) is 0. The zero-order valence-electron chi connectivity index (χ0n) is 11.4. The Balaban J connectivity index is 2.18. The average Bonchev–Trinajstić information content (AvgIpc) is 2.81. The van der Waals surface area contributed by atoms with Gasteiger partial charge in [-0.2, -0.15) is 0 Å². The lowest BCUT2D eigenvalue weighted by Gasteiger charge is -2.21. The summed E-state index contributed by atoms with van der Waals surface area (Å²) >= 11 is 1.85. The molecule has 0 saturated heterocycles. The van der Waals surface area contributed by atoms with Crippen molar-refractivity contribution in [1.29, 1.82) is 0 Å². The molecule has 1 atom stereocenters. The monoisotopic (exact) mass is 254 g/mol. The van der Waals surface area contributed by atoms with E-state index in [0.717, 1.165) is 26.2 Å². The largest absolute Gasteiger partial charge is 0.313 e. The molecule has 0 aromatic carbocycles. The van der Waals surface area contributed by atoms with Gasteiger partial charge in [-0.25, -0.2) is 0 Å². The van der Waals surface area contributed by atoms with Gasteiger partial charge in [-0.05, 0) is 31.3 Å². The molecule has 2 nitrogen and oxygen atoms in total. The number of thiophene rings is 1. The van der Waals surface area contributed by atoms with E-state index in [4.69, 9.17) is 0 Å². The second kappa shape index (κ2) is 8.67. The maximum atomic E-state index is 3.59. The van der Waals surface area contributed by atoms with Crippen molar-refractivity contribution in [3.8, 4) is 0 Å². The van der Waals surface area contributed by atoms with Gasteiger partial charge < -0.3 is 5.32 Å². The minimum absolute atomic E-state index is 0.653. The Morgan fingerprint density at radius 3 is 2.82 bits per heavy atom. The number of nitrogens with zero attached hydrogens (tertiary/aromatic N) is 1. The van der Waals surface area contributed by atoms with Gasteiger partial charge in [0.2, 0.25) is 0 Å². The van der Waals surface area contributed by atoms with Crippen molar-refractivity contribution < 1.29 is 0 Å². The summed E-state index contributed by atoms with van der Waals surface area (Å²) in [5, 5.41) is 5.75. The maximum absolute atomic E-state index is 3.59. The van der Waals surface area contributed by atoms with Crippen molar-refractivity contribution in [3.05, 3.63) is 22.4 Å². The Morgan fingerprint density at radius 1 is 1.41 bits per heavy atom. The molecule has 1 unspecified atom stereocenters. The van der Waals surface area contributed by atoms with Crippen molar-refractivity contribution in [2.24, 2.45) is 0 Å². The second-order valence-electron chi connectivity index (χ2n) is 4.59. The fourth-order valence-electron chi connectivity index (χ4n) is 1.98. The minimum Gasteiger partial charge on any atom is -0.313 e. The van der Waals surface area contributed by atoms with E-state index in [9.17, 15) is 0 Å². The van der Waals surface area contributed by atoms with Crippen LogP contribution in [0.3, 0.4) is 0 Å². The van der Waals surface area contributed by atoms with Crippen LogP contribution in [0.25, 0.3) is 0 Å². The topological polar surface area (TPSA) is 15.3 Å². The maximum Gasteiger partial charge on any atom is 0.0328 e. The van der Waals surface area contributed by atoms with Gasteiger partial charge in [-0.3, -0.25) is 4.90 Å². The SMILES string of the molecule is CCCC(C)NCCN(CC)Cc1cccs1. The number of likely N-dealkylation sites (N-methyl/N-ethyl adjacent to an activating group) is 1. The van der Waals surface area contributed by atoms with Crippen LogP contribution in [-0.4, -0.2) is 30.6 Å². The van der Waals surface area contributed by atoms with Crippen LogP contribution >= 0.6 is 11.3 Å². The van der Waals surface area contributed by atoms with Crippen molar-refractivity contribution >= 4 is 11.3 Å². The summed E-state index contributed by atoms with van der Waals surface area (Å²) < 4.78 is 0. The van der Waals surface area contributed by atoms with E-state index in [-0.39, 0.29) is 0 Å². The molecule has 98 valence electrons. The lowest BCUT2D eigenvalue weighted by Crippen LogP contribution is -2.35. The highest BCUT2D eigenvalue weighted by molar-refractivity contribution is 7.09. The molecule has 0 spiro atoms. The molecule has 1 aromatic heterocycles. The van der Waals surface area contributed by atoms with Crippen LogP contribution in [-0.2, 0) is 6.54 Å². The molecule has 1 heterocycles. The third-order valence-corrected chi connectivity index (χ3v) is 3.91. The van der Waals surface area contributed by atoms with E-state index < -0.39 is 0 Å². The smallest absolute Gasteiger partial charge is 0.0328 e. The number of hydrogen-bond acceptors (Lipinski definition) is 3. The van der Waals surface area contributed by atoms with Gasteiger partial charge in [0.15, 0.2) is 0 Å². The van der Waals surface area contributed by atoms with E-state index in [1.807, 2.05) is 11.3 Å². The van der Waals surface area contributed by atoms with Gasteiger partial charge in [0.25, 0.3) is 0 Å². The zero-order chi connectivity index (χ0) is 12.5. The first kappa shape index (κ1) is 14.7. The summed E-state index contributed by atoms with van der Waals surface area (Å²) in [4.78, 5) is 3.96. The van der Waals surface area contributed by atoms with Gasteiger partial charge >= 0.3 is 0 Å². The van der Waals surface area contributed by atoms with Crippen LogP contribution in [0.5, 0.6) is 0 Å². The van der Waals surface area contributed by atoms with Crippen LogP contribution < -0.4 is 5.32 Å². The second-order valence-corrected chi connectivity index (χ2v) is 5.62. The summed E-state index contributed by atoms with van der Waals surface area (Å²) in [5.41, 5.74) is 0. The Bertz CT molecular complexity index is 272. The fraction of sp³-hybridized carbons (Fsp3) is 0.714. The third kappa shape index (κ3) is 6.20. The molecule has 3 heteroatoms. The molecular formula is C14H26N2S. The van der Waals surface area contributed by atoms with Crippen molar-refractivity contribution in [2.75, 3.05) is 19.6 Å². The van der Waals surface area contributed by atoms with Crippen LogP contribution in [0.15, 0.2) is 17.5 Å². The molecule has 0 saturated carbocycles. The average molecular weight is 254 g/mol. The molecule has 0 bridgehead atoms. The van der Waals surface area contributed by atoms with E-state index in [2.05, 4.69) is 48.5 Å². The van der Waals surface area contributed by atoms with Crippen LogP contribution in [0.4, 0.5) is 0 Å². The molecular weight excluding hydrogens is 228 g/mol. The zero-order valence-corrected chi connectivity index (χ0v) is 12.2. The summed E-state index contributed by atoms with van der Waals surface area (Å²) in [6.45, 7) is 11.2. The number of rotatable bonds is 9. The number of nitrogens with one attached hydrogen (secondary N) is 1. The van der Waals surface area contributed by atoms with E-state index >= 15 is 0 Å². The predicted molar refractivity (Wildman–Crippen MR) is 77.6 cm³/mol. The molecule has 0 amide bonds. The Kier molecular flexibility index (Phi) is 7.49. The van der Waals surface area contributed by atoms with Gasteiger partial charge in [-0.1, -0.05) is 26.3 Å². The summed E-state index contributed by atoms with van der Waals surface area (Å²) in [6, 6.07) is 5.01. The molecule has 1 aromatic rings. The fourth-order valence-corrected chi connectivity index (χ4v) is 2.72. The van der Waals surface area contributed by atoms with Crippen LogP contribution in [0, 0.1) is 0 Å². The molecule has 0 aliphatic rings. The lowest BCUT2D eigenvalue weighted by molar-refractivity contribution is 0.276. The Morgan fingerprint density at radius 2 is 2.24 bits per heavy atom. The van der Waals surface area contributed by atoms with Crippen molar-refractivity contribution in [2.45, 2.75) is 46.2 Å². The molecule has 0 aliphatic carbocycles. The van der Waals surface area contributed by atoms with Gasteiger partial charge in [0.1, 0.15) is 0 Å². The lowest BCUT2D eigenvalue weighted by atomic mass is 10.2. The highest BCUT2D eigenvalue weighted by atomic mass is 32.1. The first-order chi connectivity index (χ1) is 8.26. The van der Waals surface area contributed by atoms with Crippen molar-refractivity contribution in [1.82, 2.24) is 10.2 Å². The van der Waals surface area contributed by atoms with Gasteiger partial charge in [0, 0.05) is 30.6 Å². The first-order valence-corrected chi connectivity index (χ1v) is 7.62. The molecule has 17 heavy (non-hydrogen) atoms. The minimum atomic E-state index is 0.653. The summed E-state index contributed by atoms with van der Waals surface area (Å²) in [6.07, 6.45) is 2.54. The van der Waals surface area contributed by atoms with E-state index in [1.54, 1.807) is 0 Å². The van der Waals surface area contributed by atoms with Crippen LogP contribution in [0.1, 0.15) is 38.5 Å². The van der Waals surface area contributed by atoms with Crippen LogP contribution in [0.2, 0.25) is 0 Å². The molecule has 1 rings (SSSR count). The molecule has 0 radical (unpaired) electrons. The Labute approximate surface area is 110 Å². The predicted octanol–water partition coefficient (Wildman–Crippen LogP) is 3.35. The molecule has 1 N–H and O–H groups in total. The highest BCUT2D eigenvalue weighted by Crippen LogP contribution is 2.11. The van der Waals surface area contributed by atoms with E-state index in [0.29, 0.717) is 6.04 Å². The van der Waals surface area contributed by atoms with Gasteiger partial charge in [-0.15, -0.1) is 11.3 Å². The molecule has 0 aliphatic heterocycles. The summed E-state index contributed by atoms with van der Waals surface area (Å²) in [5.74, 6) is 0. The van der Waals surface area contributed by atoms with Crippen molar-refractivity contribution in [3.63, 3.8) is 0 Å². The van der Waals surface area contributed by atoms with E-state index in [1.165, 1.54) is 17.7 Å². The normalized spacial score (nSPS) is 13.2. The highest BCUT2D eigenvalue weighted by Gasteiger charge is 2.05. The standard InChI is InChI=1S/C14H26N2S/c1-4-7-13(3)15-9-10-16(5-2)12-14-8-6-11-17-14/h6,8,11,13,15H,4-5,7,9-10,12H2,1-3H3. The molecule has 0 fully saturated rings. The quantitative estimate of drug-likeness (QED) is 0.727. The third-order valence-electron chi connectivity index (χ3n) is 3.05. The number of hydrogen-bond donors (Lipinski definition) is 1.